The first kappa shape index (κ1) is 6.54. The van der Waals surface area contributed by atoms with Gasteiger partial charge in [-0.1, -0.05) is 0 Å². The topological polar surface area (TPSA) is 51.2 Å². The molecule has 0 unspecified atom stereocenters. The van der Waals surface area contributed by atoms with Crippen molar-refractivity contribution >= 4 is 29.6 Å². The molecule has 7 heavy (non-hydrogen) atoms. The van der Waals surface area contributed by atoms with Crippen LogP contribution in [0.3, 0.4) is 0 Å². The summed E-state index contributed by atoms with van der Waals surface area (Å²) in [4.78, 5) is 28.7. The maximum atomic E-state index is 9.57. The van der Waals surface area contributed by atoms with Crippen molar-refractivity contribution < 1.29 is 14.4 Å². The first-order valence-corrected chi connectivity index (χ1v) is 3.71. The Morgan fingerprint density at radius 3 is 1.14 bits per heavy atom. The molecule has 0 atom stereocenters. The minimum Gasteiger partial charge on any atom is -0.323 e. The van der Waals surface area contributed by atoms with E-state index >= 15 is 0 Å². The lowest BCUT2D eigenvalue weighted by molar-refractivity contribution is 0.559. The molecule has 0 aliphatic rings. The summed E-state index contributed by atoms with van der Waals surface area (Å²) >= 11 is -2.21. The van der Waals surface area contributed by atoms with Gasteiger partial charge in [-0.15, -0.1) is 0 Å². The first-order valence-electron chi connectivity index (χ1n) is 1.71. The molecule has 0 aromatic heterocycles. The maximum Gasteiger partial charge on any atom is 0.532 e. The zero-order chi connectivity index (χ0) is 5.70. The highest BCUT2D eigenvalue weighted by atomic mass is 27.2. The van der Waals surface area contributed by atoms with E-state index in [0.29, 0.717) is 15.4 Å². The summed E-state index contributed by atoms with van der Waals surface area (Å²) in [6.07, 6.45) is 0. The molecule has 0 aromatic carbocycles. The minimum absolute atomic E-state index is 0.431. The van der Waals surface area contributed by atoms with Crippen LogP contribution in [-0.4, -0.2) is 29.6 Å². The van der Waals surface area contributed by atoms with E-state index in [1.165, 1.54) is 0 Å². The normalized spacial score (nSPS) is 6.86. The number of carbonyl (C=O) groups excluding carboxylic acids is 3. The van der Waals surface area contributed by atoms with Gasteiger partial charge in [0, 0.05) is 0 Å². The Labute approximate surface area is 44.7 Å². The van der Waals surface area contributed by atoms with Gasteiger partial charge < -0.3 is 14.4 Å². The number of rotatable bonds is 3. The second-order valence-electron chi connectivity index (χ2n) is 0.986. The van der Waals surface area contributed by atoms with Crippen molar-refractivity contribution in [2.75, 3.05) is 0 Å². The smallest absolute Gasteiger partial charge is 0.323 e. The van der Waals surface area contributed by atoms with Gasteiger partial charge in [-0.2, -0.15) is 0 Å². The van der Waals surface area contributed by atoms with E-state index in [2.05, 4.69) is 0 Å². The predicted octanol–water partition coefficient (Wildman–Crippen LogP) is -1.20. The molecular weight excluding hydrogens is 111 g/mol. The molecule has 0 aliphatic carbocycles. The highest BCUT2D eigenvalue weighted by Gasteiger charge is 2.14. The van der Waals surface area contributed by atoms with Crippen molar-refractivity contribution in [3.8, 4) is 0 Å². The summed E-state index contributed by atoms with van der Waals surface area (Å²) in [6, 6.07) is 0. The van der Waals surface area contributed by atoms with Crippen molar-refractivity contribution in [3.05, 3.63) is 0 Å². The van der Waals surface area contributed by atoms with Crippen LogP contribution in [0.5, 0.6) is 0 Å². The van der Waals surface area contributed by atoms with Crippen LogP contribution in [0.25, 0.3) is 0 Å². The molecule has 36 valence electrons. The van der Waals surface area contributed by atoms with E-state index in [0.717, 1.165) is 0 Å². The lowest BCUT2D eigenvalue weighted by atomic mass is 11.7. The van der Waals surface area contributed by atoms with Gasteiger partial charge in [0.05, 0.1) is 15.4 Å². The van der Waals surface area contributed by atoms with Crippen molar-refractivity contribution in [2.45, 2.75) is 0 Å². The van der Waals surface area contributed by atoms with E-state index in [1.807, 2.05) is 0 Å². The summed E-state index contributed by atoms with van der Waals surface area (Å²) in [5, 5.41) is 1.29. The molecule has 0 fully saturated rings. The quantitative estimate of drug-likeness (QED) is 0.342. The van der Waals surface area contributed by atoms with Crippen LogP contribution in [0.1, 0.15) is 0 Å². The van der Waals surface area contributed by atoms with Gasteiger partial charge in [-0.3, -0.25) is 0 Å². The standard InChI is InChI=1S/3CHO.Al/c3*1-2;/h3*1H;. The Bertz CT molecular complexity index is 71.2. The first-order chi connectivity index (χ1) is 3.35. The zero-order valence-corrected chi connectivity index (χ0v) is 4.69. The molecule has 0 radical (unpaired) electrons. The predicted molar refractivity (Wildman–Crippen MR) is 26.0 cm³/mol. The Morgan fingerprint density at radius 2 is 1.14 bits per heavy atom. The van der Waals surface area contributed by atoms with E-state index in [-0.39, 0.29) is 0 Å². The van der Waals surface area contributed by atoms with Gasteiger partial charge in [-0.25, -0.2) is 0 Å². The SMILES string of the molecule is O=[CH][Al]([CH]=O)[CH]=O. The average molecular weight is 114 g/mol. The molecule has 0 heterocycles. The summed E-state index contributed by atoms with van der Waals surface area (Å²) in [5.74, 6) is 0. The van der Waals surface area contributed by atoms with E-state index in [1.54, 1.807) is 0 Å². The molecule has 0 N–H and O–H groups in total. The van der Waals surface area contributed by atoms with Gasteiger partial charge >= 0.3 is 14.1 Å². The highest BCUT2D eigenvalue weighted by molar-refractivity contribution is 7.18. The van der Waals surface area contributed by atoms with Crippen LogP contribution in [0.4, 0.5) is 0 Å². The van der Waals surface area contributed by atoms with E-state index in [9.17, 15) is 14.4 Å². The second kappa shape index (κ2) is 3.72. The molecule has 0 saturated heterocycles. The Morgan fingerprint density at radius 1 is 0.857 bits per heavy atom. The molecule has 0 rings (SSSR count). The number of carbonyl (C=O) groups is 3. The Kier molecular flexibility index (Phi) is 3.48. The summed E-state index contributed by atoms with van der Waals surface area (Å²) in [6.45, 7) is 0. The van der Waals surface area contributed by atoms with E-state index < -0.39 is 14.1 Å². The molecule has 0 amide bonds. The molecule has 0 aromatic rings. The average Bonchev–Trinajstić information content (AvgIpc) is 1.72. The molecule has 0 bridgehead atoms. The minimum atomic E-state index is -2.21. The van der Waals surface area contributed by atoms with Crippen LogP contribution < -0.4 is 0 Å². The highest BCUT2D eigenvalue weighted by Crippen LogP contribution is 1.57. The van der Waals surface area contributed by atoms with Gasteiger partial charge in [0.2, 0.25) is 0 Å². The third-order valence-corrected chi connectivity index (χ3v) is 1.41. The van der Waals surface area contributed by atoms with E-state index in [4.69, 9.17) is 0 Å². The van der Waals surface area contributed by atoms with Crippen LogP contribution in [0.2, 0.25) is 0 Å². The largest absolute Gasteiger partial charge is 0.532 e. The lowest BCUT2D eigenvalue weighted by Crippen LogP contribution is -2.18. The molecule has 4 heteroatoms. The molecule has 3 nitrogen and oxygen atoms in total. The van der Waals surface area contributed by atoms with Crippen LogP contribution >= 0.6 is 0 Å². The Hall–Kier alpha value is -0.458. The van der Waals surface area contributed by atoms with Gasteiger partial charge in [0.1, 0.15) is 0 Å². The summed E-state index contributed by atoms with van der Waals surface area (Å²) < 4.78 is 0. The Balaban J connectivity index is 3.57. The van der Waals surface area contributed by atoms with Crippen molar-refractivity contribution in [2.24, 2.45) is 0 Å². The summed E-state index contributed by atoms with van der Waals surface area (Å²) in [7, 11) is 0. The molecule has 0 saturated carbocycles. The van der Waals surface area contributed by atoms with Crippen molar-refractivity contribution in [3.63, 3.8) is 0 Å². The van der Waals surface area contributed by atoms with Crippen molar-refractivity contribution in [1.29, 1.82) is 0 Å². The number of hydrogen-bond donors (Lipinski definition) is 0. The van der Waals surface area contributed by atoms with Crippen molar-refractivity contribution in [1.82, 2.24) is 0 Å². The fourth-order valence-electron chi connectivity index (χ4n) is 0.0962. The van der Waals surface area contributed by atoms with Crippen LogP contribution in [0, 0.1) is 0 Å². The summed E-state index contributed by atoms with van der Waals surface area (Å²) in [5.41, 5.74) is 0. The third-order valence-electron chi connectivity index (χ3n) is 0.471. The van der Waals surface area contributed by atoms with Gasteiger partial charge in [-0.05, 0) is 0 Å². The molecule has 0 aliphatic heterocycles. The van der Waals surface area contributed by atoms with Gasteiger partial charge in [0.25, 0.3) is 0 Å². The number of hydrogen-bond acceptors (Lipinski definition) is 3. The lowest BCUT2D eigenvalue weighted by Gasteiger charge is -1.67. The van der Waals surface area contributed by atoms with Crippen LogP contribution in [-0.2, 0) is 14.4 Å². The van der Waals surface area contributed by atoms with Gasteiger partial charge in [0.15, 0.2) is 0 Å². The fraction of sp³-hybridized carbons (Fsp3) is 0. The molecule has 0 spiro atoms. The molecular formula is C3H3AlO3. The monoisotopic (exact) mass is 114 g/mol. The third kappa shape index (κ3) is 2.26. The zero-order valence-electron chi connectivity index (χ0n) is 3.53. The maximum absolute atomic E-state index is 9.57. The fourth-order valence-corrected chi connectivity index (χ4v) is 0.289. The van der Waals surface area contributed by atoms with Crippen LogP contribution in [0.15, 0.2) is 0 Å². The second-order valence-corrected chi connectivity index (χ2v) is 2.96.